The highest BCUT2D eigenvalue weighted by Gasteiger charge is 2.19. The maximum Gasteiger partial charge on any atom is 0.261 e. The summed E-state index contributed by atoms with van der Waals surface area (Å²) in [6.45, 7) is 5.89. The predicted octanol–water partition coefficient (Wildman–Crippen LogP) is 4.54. The van der Waals surface area contributed by atoms with Crippen LogP contribution < -0.4 is 10.7 Å². The second-order valence-corrected chi connectivity index (χ2v) is 7.46. The van der Waals surface area contributed by atoms with E-state index < -0.39 is 11.3 Å². The molecule has 0 aliphatic heterocycles. The summed E-state index contributed by atoms with van der Waals surface area (Å²) in [5.41, 5.74) is 2.89. The molecule has 0 saturated heterocycles. The van der Waals surface area contributed by atoms with Crippen molar-refractivity contribution in [3.05, 3.63) is 87.6 Å². The molecule has 152 valence electrons. The Morgan fingerprint density at radius 3 is 2.40 bits per heavy atom. The molecule has 2 N–H and O–H groups in total. The first-order chi connectivity index (χ1) is 14.3. The predicted molar refractivity (Wildman–Crippen MR) is 115 cm³/mol. The summed E-state index contributed by atoms with van der Waals surface area (Å²) >= 11 is 0. The highest BCUT2D eigenvalue weighted by atomic mass is 19.1. The van der Waals surface area contributed by atoms with Crippen molar-refractivity contribution in [3.8, 4) is 5.69 Å². The van der Waals surface area contributed by atoms with Gasteiger partial charge in [-0.15, -0.1) is 0 Å². The van der Waals surface area contributed by atoms with Gasteiger partial charge in [-0.05, 0) is 54.8 Å². The number of H-pyrrole nitrogens is 1. The fourth-order valence-electron chi connectivity index (χ4n) is 3.36. The molecule has 0 spiro atoms. The monoisotopic (exact) mass is 404 g/mol. The van der Waals surface area contributed by atoms with E-state index in [0.717, 1.165) is 5.56 Å². The van der Waals surface area contributed by atoms with Crippen LogP contribution in [0.15, 0.2) is 59.5 Å². The summed E-state index contributed by atoms with van der Waals surface area (Å²) in [5, 5.41) is 7.48. The van der Waals surface area contributed by atoms with Gasteiger partial charge in [0.2, 0.25) is 5.43 Å². The van der Waals surface area contributed by atoms with Gasteiger partial charge >= 0.3 is 0 Å². The lowest BCUT2D eigenvalue weighted by molar-refractivity contribution is 0.102. The number of benzene rings is 2. The van der Waals surface area contributed by atoms with Gasteiger partial charge in [-0.1, -0.05) is 26.0 Å². The molecule has 0 unspecified atom stereocenters. The first-order valence-corrected chi connectivity index (χ1v) is 9.63. The topological polar surface area (TPSA) is 79.8 Å². The minimum atomic E-state index is -0.496. The number of nitrogens with zero attached hydrogens (tertiary/aromatic N) is 2. The highest BCUT2D eigenvalue weighted by Crippen LogP contribution is 2.20. The van der Waals surface area contributed by atoms with Crippen LogP contribution in [-0.4, -0.2) is 20.7 Å². The van der Waals surface area contributed by atoms with Crippen molar-refractivity contribution in [2.75, 3.05) is 5.32 Å². The average Bonchev–Trinajstić information content (AvgIpc) is 3.06. The quantitative estimate of drug-likeness (QED) is 0.524. The van der Waals surface area contributed by atoms with Crippen LogP contribution in [0.1, 0.15) is 41.4 Å². The number of aryl methyl sites for hydroxylation is 1. The first kappa shape index (κ1) is 19.6. The molecule has 0 saturated carbocycles. The third kappa shape index (κ3) is 3.50. The number of rotatable bonds is 4. The molecular weight excluding hydrogens is 383 g/mol. The van der Waals surface area contributed by atoms with Crippen molar-refractivity contribution in [3.63, 3.8) is 0 Å². The van der Waals surface area contributed by atoms with Crippen molar-refractivity contribution in [1.82, 2.24) is 14.8 Å². The molecule has 30 heavy (non-hydrogen) atoms. The first-order valence-electron chi connectivity index (χ1n) is 9.63. The lowest BCUT2D eigenvalue weighted by Gasteiger charge is -2.08. The van der Waals surface area contributed by atoms with E-state index >= 15 is 0 Å². The third-order valence-electron chi connectivity index (χ3n) is 5.04. The zero-order chi connectivity index (χ0) is 21.4. The summed E-state index contributed by atoms with van der Waals surface area (Å²) in [6, 6.07) is 13.3. The van der Waals surface area contributed by atoms with E-state index in [-0.39, 0.29) is 11.4 Å². The van der Waals surface area contributed by atoms with Gasteiger partial charge in [-0.25, -0.2) is 9.07 Å². The number of carbonyl (C=O) groups excluding carboxylic acids is 1. The Labute approximate surface area is 172 Å². The van der Waals surface area contributed by atoms with E-state index in [1.165, 1.54) is 23.0 Å². The second kappa shape index (κ2) is 7.59. The smallest absolute Gasteiger partial charge is 0.261 e. The highest BCUT2D eigenvalue weighted by molar-refractivity contribution is 6.05. The Morgan fingerprint density at radius 2 is 1.77 bits per heavy atom. The van der Waals surface area contributed by atoms with Crippen LogP contribution in [0, 0.1) is 12.7 Å². The van der Waals surface area contributed by atoms with Gasteiger partial charge in [-0.3, -0.25) is 9.59 Å². The molecule has 0 aliphatic carbocycles. The molecule has 4 aromatic rings. The summed E-state index contributed by atoms with van der Waals surface area (Å²) < 4.78 is 14.8. The zero-order valence-electron chi connectivity index (χ0n) is 16.9. The molecule has 0 bridgehead atoms. The van der Waals surface area contributed by atoms with E-state index in [1.807, 2.05) is 24.3 Å². The Morgan fingerprint density at radius 1 is 1.10 bits per heavy atom. The number of fused-ring (bicyclic) bond motifs is 1. The third-order valence-corrected chi connectivity index (χ3v) is 5.04. The molecule has 0 fully saturated rings. The van der Waals surface area contributed by atoms with Crippen molar-refractivity contribution < 1.29 is 9.18 Å². The SMILES string of the molecule is Cc1nn(-c2ccc(F)cc2)c2[nH]cc(C(=O)Nc3ccc(C(C)C)cc3)c(=O)c12. The van der Waals surface area contributed by atoms with E-state index in [9.17, 15) is 14.0 Å². The Kier molecular flexibility index (Phi) is 4.95. The second-order valence-electron chi connectivity index (χ2n) is 7.46. The number of pyridine rings is 1. The van der Waals surface area contributed by atoms with Crippen LogP contribution in [0.3, 0.4) is 0 Å². The van der Waals surface area contributed by atoms with Crippen LogP contribution in [0.4, 0.5) is 10.1 Å². The molecule has 6 nitrogen and oxygen atoms in total. The molecule has 2 heterocycles. The van der Waals surface area contributed by atoms with Crippen LogP contribution in [-0.2, 0) is 0 Å². The number of amides is 1. The fourth-order valence-corrected chi connectivity index (χ4v) is 3.36. The lowest BCUT2D eigenvalue weighted by Crippen LogP contribution is -2.22. The Bertz CT molecular complexity index is 1290. The fraction of sp³-hybridized carbons (Fsp3) is 0.174. The van der Waals surface area contributed by atoms with Crippen LogP contribution in [0.2, 0.25) is 0 Å². The molecule has 0 atom stereocenters. The van der Waals surface area contributed by atoms with Gasteiger partial charge < -0.3 is 10.3 Å². The van der Waals surface area contributed by atoms with Crippen molar-refractivity contribution in [1.29, 1.82) is 0 Å². The van der Waals surface area contributed by atoms with E-state index in [0.29, 0.717) is 34.0 Å². The molecule has 1 amide bonds. The number of nitrogens with one attached hydrogen (secondary N) is 2. The number of aromatic amines is 1. The van der Waals surface area contributed by atoms with E-state index in [4.69, 9.17) is 0 Å². The van der Waals surface area contributed by atoms with E-state index in [2.05, 4.69) is 29.2 Å². The van der Waals surface area contributed by atoms with Crippen molar-refractivity contribution in [2.45, 2.75) is 26.7 Å². The maximum absolute atomic E-state index is 13.2. The van der Waals surface area contributed by atoms with Gasteiger partial charge in [0.05, 0.1) is 16.8 Å². The van der Waals surface area contributed by atoms with Crippen molar-refractivity contribution >= 4 is 22.6 Å². The molecular formula is C23H21FN4O2. The molecule has 0 radical (unpaired) electrons. The molecule has 4 rings (SSSR count). The van der Waals surface area contributed by atoms with Gasteiger partial charge in [-0.2, -0.15) is 5.10 Å². The average molecular weight is 404 g/mol. The number of hydrogen-bond acceptors (Lipinski definition) is 3. The van der Waals surface area contributed by atoms with Gasteiger partial charge in [0.25, 0.3) is 5.91 Å². The number of anilines is 1. The number of carbonyl (C=O) groups is 1. The minimum absolute atomic E-state index is 0.00260. The molecule has 0 aliphatic rings. The summed E-state index contributed by atoms with van der Waals surface area (Å²) in [4.78, 5) is 28.8. The standard InChI is InChI=1S/C23H21FN4O2/c1-13(2)15-4-8-17(9-5-15)26-23(30)19-12-25-22-20(21(19)29)14(3)27-28(22)18-10-6-16(24)7-11-18/h4-13H,1-3H3,(H,25,29)(H,26,30). The minimum Gasteiger partial charge on any atom is -0.345 e. The van der Waals surface area contributed by atoms with Gasteiger partial charge in [0, 0.05) is 11.9 Å². The lowest BCUT2D eigenvalue weighted by atomic mass is 10.0. The molecule has 7 heteroatoms. The van der Waals surface area contributed by atoms with Gasteiger partial charge in [0.1, 0.15) is 17.0 Å². The number of halogens is 1. The van der Waals surface area contributed by atoms with Gasteiger partial charge in [0.15, 0.2) is 0 Å². The van der Waals surface area contributed by atoms with Crippen molar-refractivity contribution in [2.24, 2.45) is 0 Å². The maximum atomic E-state index is 13.2. The van der Waals surface area contributed by atoms with Crippen LogP contribution in [0.5, 0.6) is 0 Å². The normalized spacial score (nSPS) is 11.2. The van der Waals surface area contributed by atoms with Crippen LogP contribution in [0.25, 0.3) is 16.7 Å². The Balaban J connectivity index is 1.69. The molecule has 2 aromatic heterocycles. The van der Waals surface area contributed by atoms with Crippen LogP contribution >= 0.6 is 0 Å². The molecule has 2 aromatic carbocycles. The summed E-state index contributed by atoms with van der Waals surface area (Å²) in [6.07, 6.45) is 1.38. The number of hydrogen-bond donors (Lipinski definition) is 2. The largest absolute Gasteiger partial charge is 0.345 e. The zero-order valence-corrected chi connectivity index (χ0v) is 16.9. The Hall–Kier alpha value is -3.74. The summed E-state index contributed by atoms with van der Waals surface area (Å²) in [5.74, 6) is -0.467. The summed E-state index contributed by atoms with van der Waals surface area (Å²) in [7, 11) is 0. The van der Waals surface area contributed by atoms with E-state index in [1.54, 1.807) is 19.1 Å². The number of aromatic nitrogens is 3.